The zero-order chi connectivity index (χ0) is 16.9. The maximum atomic E-state index is 11.9. The SMILES string of the molecule is [B]c1ccc(C)cc1C[C@H](NC(=O)OC(C)(C)C)C(=O)OC. The molecular formula is C16H22BNO4. The van der Waals surface area contributed by atoms with E-state index in [-0.39, 0.29) is 6.42 Å². The first-order valence-corrected chi connectivity index (χ1v) is 7.04. The molecule has 6 heteroatoms. The van der Waals surface area contributed by atoms with Gasteiger partial charge in [-0.3, -0.25) is 0 Å². The molecule has 0 aliphatic carbocycles. The molecule has 0 bridgehead atoms. The molecule has 0 heterocycles. The van der Waals surface area contributed by atoms with Crippen LogP contribution in [0.4, 0.5) is 4.79 Å². The first kappa shape index (κ1) is 18.1. The largest absolute Gasteiger partial charge is 0.467 e. The Morgan fingerprint density at radius 3 is 2.50 bits per heavy atom. The molecule has 1 atom stereocenters. The van der Waals surface area contributed by atoms with Crippen LogP contribution in [-0.4, -0.2) is 38.7 Å². The zero-order valence-corrected chi connectivity index (χ0v) is 13.7. The lowest BCUT2D eigenvalue weighted by Crippen LogP contribution is -2.45. The number of amides is 1. The van der Waals surface area contributed by atoms with Crippen molar-refractivity contribution in [2.75, 3.05) is 7.11 Å². The molecule has 118 valence electrons. The van der Waals surface area contributed by atoms with Gasteiger partial charge in [0, 0.05) is 6.42 Å². The quantitative estimate of drug-likeness (QED) is 0.674. The molecule has 0 aliphatic rings. The highest BCUT2D eigenvalue weighted by atomic mass is 16.6. The Bertz CT molecular complexity index is 552. The van der Waals surface area contributed by atoms with E-state index in [4.69, 9.17) is 17.3 Å². The topological polar surface area (TPSA) is 64.6 Å². The number of carbonyl (C=O) groups excluding carboxylic acids is 2. The van der Waals surface area contributed by atoms with Crippen molar-refractivity contribution in [3.8, 4) is 0 Å². The molecule has 0 saturated carbocycles. The molecule has 0 saturated heterocycles. The van der Waals surface area contributed by atoms with Gasteiger partial charge in [-0.1, -0.05) is 34.8 Å². The second kappa shape index (κ2) is 7.34. The van der Waals surface area contributed by atoms with Crippen molar-refractivity contribution in [1.29, 1.82) is 0 Å². The molecule has 0 unspecified atom stereocenters. The smallest absolute Gasteiger partial charge is 0.408 e. The summed E-state index contributed by atoms with van der Waals surface area (Å²) in [5, 5.41) is 2.53. The number of methoxy groups -OCH3 is 1. The van der Waals surface area contributed by atoms with Gasteiger partial charge in [0.25, 0.3) is 0 Å². The number of carbonyl (C=O) groups is 2. The lowest BCUT2D eigenvalue weighted by Gasteiger charge is -2.23. The summed E-state index contributed by atoms with van der Waals surface area (Å²) < 4.78 is 9.90. The van der Waals surface area contributed by atoms with E-state index in [0.717, 1.165) is 11.1 Å². The Balaban J connectivity index is 2.87. The summed E-state index contributed by atoms with van der Waals surface area (Å²) in [6.45, 7) is 7.17. The van der Waals surface area contributed by atoms with Crippen molar-refractivity contribution in [2.45, 2.75) is 45.8 Å². The van der Waals surface area contributed by atoms with Crippen molar-refractivity contribution in [3.05, 3.63) is 29.3 Å². The number of esters is 1. The number of alkyl carbamates (subject to hydrolysis) is 1. The highest BCUT2D eigenvalue weighted by molar-refractivity contribution is 6.33. The standard InChI is InChI=1S/C16H22BNO4/c1-10-6-7-12(17)11(8-10)9-13(14(19)21-5)18-15(20)22-16(2,3)4/h6-8,13H,9H2,1-5H3,(H,18,20)/t13-/m0/s1. The maximum Gasteiger partial charge on any atom is 0.408 e. The van der Waals surface area contributed by atoms with Gasteiger partial charge >= 0.3 is 12.1 Å². The predicted molar refractivity (Wildman–Crippen MR) is 85.4 cm³/mol. The molecule has 0 fully saturated rings. The van der Waals surface area contributed by atoms with Crippen LogP contribution < -0.4 is 10.8 Å². The molecule has 0 aromatic heterocycles. The van der Waals surface area contributed by atoms with Gasteiger partial charge in [0.2, 0.25) is 0 Å². The van der Waals surface area contributed by atoms with Gasteiger partial charge in [-0.25, -0.2) is 9.59 Å². The second-order valence-electron chi connectivity index (χ2n) is 6.13. The van der Waals surface area contributed by atoms with Crippen LogP contribution in [0.1, 0.15) is 31.9 Å². The summed E-state index contributed by atoms with van der Waals surface area (Å²) in [4.78, 5) is 23.7. The Morgan fingerprint density at radius 1 is 1.32 bits per heavy atom. The lowest BCUT2D eigenvalue weighted by atomic mass is 9.86. The molecule has 1 aromatic rings. The summed E-state index contributed by atoms with van der Waals surface area (Å²) in [6, 6.07) is 4.67. The van der Waals surface area contributed by atoms with Gasteiger partial charge in [-0.05, 0) is 27.7 Å². The number of rotatable bonds is 4. The molecule has 1 aromatic carbocycles. The van der Waals surface area contributed by atoms with Crippen molar-refractivity contribution < 1.29 is 19.1 Å². The Kier molecular flexibility index (Phi) is 6.03. The fourth-order valence-electron chi connectivity index (χ4n) is 1.92. The average molecular weight is 303 g/mol. The summed E-state index contributed by atoms with van der Waals surface area (Å²) >= 11 is 0. The Labute approximate surface area is 132 Å². The number of hydrogen-bond donors (Lipinski definition) is 1. The second-order valence-corrected chi connectivity index (χ2v) is 6.13. The molecule has 2 radical (unpaired) electrons. The Morgan fingerprint density at radius 2 is 1.95 bits per heavy atom. The van der Waals surface area contributed by atoms with Crippen molar-refractivity contribution >= 4 is 25.4 Å². The van der Waals surface area contributed by atoms with Crippen LogP contribution >= 0.6 is 0 Å². The number of ether oxygens (including phenoxy) is 2. The van der Waals surface area contributed by atoms with E-state index in [9.17, 15) is 9.59 Å². The summed E-state index contributed by atoms with van der Waals surface area (Å²) in [6.07, 6.45) is -0.437. The third kappa shape index (κ3) is 5.80. The minimum atomic E-state index is -0.857. The first-order valence-electron chi connectivity index (χ1n) is 7.04. The predicted octanol–water partition coefficient (Wildman–Crippen LogP) is 1.40. The van der Waals surface area contributed by atoms with Crippen molar-refractivity contribution in [1.82, 2.24) is 5.32 Å². The van der Waals surface area contributed by atoms with Crippen LogP contribution in [0.5, 0.6) is 0 Å². The van der Waals surface area contributed by atoms with Crippen molar-refractivity contribution in [3.63, 3.8) is 0 Å². The minimum absolute atomic E-state index is 0.236. The van der Waals surface area contributed by atoms with Crippen LogP contribution in [0.25, 0.3) is 0 Å². The number of hydrogen-bond acceptors (Lipinski definition) is 4. The van der Waals surface area contributed by atoms with Crippen molar-refractivity contribution in [2.24, 2.45) is 0 Å². The van der Waals surface area contributed by atoms with Crippen LogP contribution in [0, 0.1) is 6.92 Å². The van der Waals surface area contributed by atoms with Crippen LogP contribution in [0.2, 0.25) is 0 Å². The highest BCUT2D eigenvalue weighted by Crippen LogP contribution is 2.09. The minimum Gasteiger partial charge on any atom is -0.467 e. The molecule has 1 amide bonds. The molecule has 0 aliphatic heterocycles. The first-order chi connectivity index (χ1) is 10.1. The lowest BCUT2D eigenvalue weighted by molar-refractivity contribution is -0.143. The van der Waals surface area contributed by atoms with E-state index in [1.165, 1.54) is 7.11 Å². The van der Waals surface area contributed by atoms with E-state index in [0.29, 0.717) is 5.46 Å². The number of benzene rings is 1. The summed E-state index contributed by atoms with van der Waals surface area (Å²) in [7, 11) is 7.19. The van der Waals surface area contributed by atoms with E-state index in [1.54, 1.807) is 26.8 Å². The van der Waals surface area contributed by atoms with Gasteiger partial charge in [-0.15, -0.1) is 0 Å². The van der Waals surface area contributed by atoms with Crippen LogP contribution in [-0.2, 0) is 20.7 Å². The number of nitrogens with one attached hydrogen (secondary N) is 1. The van der Waals surface area contributed by atoms with Crippen LogP contribution in [0.3, 0.4) is 0 Å². The van der Waals surface area contributed by atoms with E-state index < -0.39 is 23.7 Å². The summed E-state index contributed by atoms with van der Waals surface area (Å²) in [5.74, 6) is -0.549. The van der Waals surface area contributed by atoms with Crippen LogP contribution in [0.15, 0.2) is 18.2 Å². The molecule has 0 spiro atoms. The zero-order valence-electron chi connectivity index (χ0n) is 13.7. The van der Waals surface area contributed by atoms with E-state index in [1.807, 2.05) is 19.1 Å². The molecule has 22 heavy (non-hydrogen) atoms. The fourth-order valence-corrected chi connectivity index (χ4v) is 1.92. The molecular weight excluding hydrogens is 281 g/mol. The summed E-state index contributed by atoms with van der Waals surface area (Å²) in [5.41, 5.74) is 1.70. The maximum absolute atomic E-state index is 11.9. The fraction of sp³-hybridized carbons (Fsp3) is 0.500. The molecule has 1 N–H and O–H groups in total. The molecule has 1 rings (SSSR count). The van der Waals surface area contributed by atoms with E-state index in [2.05, 4.69) is 5.32 Å². The van der Waals surface area contributed by atoms with Gasteiger partial charge < -0.3 is 14.8 Å². The highest BCUT2D eigenvalue weighted by Gasteiger charge is 2.25. The average Bonchev–Trinajstić information content (AvgIpc) is 2.39. The van der Waals surface area contributed by atoms with Gasteiger partial charge in [0.15, 0.2) is 0 Å². The van der Waals surface area contributed by atoms with E-state index >= 15 is 0 Å². The number of aryl methyl sites for hydroxylation is 1. The van der Waals surface area contributed by atoms with Gasteiger partial charge in [-0.2, -0.15) is 0 Å². The Hall–Kier alpha value is -1.98. The normalized spacial score (nSPS) is 12.4. The third-order valence-corrected chi connectivity index (χ3v) is 2.90. The molecule has 5 nitrogen and oxygen atoms in total. The van der Waals surface area contributed by atoms with Gasteiger partial charge in [0.05, 0.1) is 7.11 Å². The third-order valence-electron chi connectivity index (χ3n) is 2.90. The monoisotopic (exact) mass is 303 g/mol. The van der Waals surface area contributed by atoms with Gasteiger partial charge in [0.1, 0.15) is 19.5 Å².